The average Bonchev–Trinajstić information content (AvgIpc) is 2.91. The van der Waals surface area contributed by atoms with Crippen LogP contribution in [0.5, 0.6) is 0 Å². The van der Waals surface area contributed by atoms with Gasteiger partial charge in [-0.1, -0.05) is 0 Å². The minimum absolute atomic E-state index is 0.0143. The van der Waals surface area contributed by atoms with E-state index >= 15 is 0 Å². The Kier molecular flexibility index (Phi) is 5.67. The second kappa shape index (κ2) is 8.22. The van der Waals surface area contributed by atoms with E-state index in [4.69, 9.17) is 4.74 Å². The summed E-state index contributed by atoms with van der Waals surface area (Å²) in [6, 6.07) is 1.73. The fourth-order valence-corrected chi connectivity index (χ4v) is 4.44. The largest absolute Gasteiger partial charge is 0.466 e. The van der Waals surface area contributed by atoms with Crippen LogP contribution in [0.4, 0.5) is 10.3 Å². The Morgan fingerprint density at radius 3 is 2.59 bits per heavy atom. The summed E-state index contributed by atoms with van der Waals surface area (Å²) < 4.78 is 20.0. The van der Waals surface area contributed by atoms with Crippen molar-refractivity contribution in [3.63, 3.8) is 0 Å². The minimum Gasteiger partial charge on any atom is -0.466 e. The molecule has 3 aliphatic rings. The number of hydrogen-bond donors (Lipinski definition) is 0. The quantitative estimate of drug-likeness (QED) is 0.688. The second-order valence-corrected chi connectivity index (χ2v) is 8.12. The molecule has 1 amide bonds. The van der Waals surface area contributed by atoms with Gasteiger partial charge in [-0.3, -0.25) is 14.5 Å². The maximum atomic E-state index is 14.7. The van der Waals surface area contributed by atoms with Crippen LogP contribution >= 0.6 is 0 Å². The number of hydrogen-bond acceptors (Lipinski definition) is 7. The first kappa shape index (κ1) is 20.0. The lowest BCUT2D eigenvalue weighted by atomic mass is 9.80. The molecule has 29 heavy (non-hydrogen) atoms. The molecule has 0 spiro atoms. The molecule has 3 heterocycles. The highest BCUT2D eigenvalue weighted by Gasteiger charge is 2.48. The fourth-order valence-electron chi connectivity index (χ4n) is 4.44. The summed E-state index contributed by atoms with van der Waals surface area (Å²) in [5.74, 6) is -0.389. The van der Waals surface area contributed by atoms with E-state index in [1.54, 1.807) is 30.3 Å². The number of carbonyl (C=O) groups is 2. The molecule has 0 aromatic carbocycles. The van der Waals surface area contributed by atoms with Crippen molar-refractivity contribution < 1.29 is 18.7 Å². The smallest absolute Gasteiger partial charge is 0.312 e. The number of amides is 1. The molecule has 2 saturated heterocycles. The molecule has 2 unspecified atom stereocenters. The molecule has 2 aliphatic heterocycles. The highest BCUT2D eigenvalue weighted by Crippen LogP contribution is 2.38. The molecule has 2 atom stereocenters. The number of aromatic nitrogens is 2. The molecule has 1 saturated carbocycles. The number of rotatable bonds is 4. The Bertz CT molecular complexity index is 745. The molecule has 3 fully saturated rings. The molecule has 158 valence electrons. The number of ether oxygens (including phenoxy) is 1. The highest BCUT2D eigenvalue weighted by atomic mass is 19.1. The first-order valence-electron chi connectivity index (χ1n) is 10.4. The number of carbonyl (C=O) groups excluding carboxylic acids is 2. The monoisotopic (exact) mass is 405 g/mol. The van der Waals surface area contributed by atoms with Gasteiger partial charge in [0.05, 0.1) is 12.5 Å². The van der Waals surface area contributed by atoms with E-state index in [1.807, 2.05) is 4.90 Å². The standard InChI is InChI=1S/C20H28FN5O3/c1-2-29-17(27)15-11-24-9-10-25(18(28)20(21)5-3-6-20)13-16(24)14-26(12-15)19-22-7-4-8-23-19/h4,7-8,15-16H,2-3,5-6,9-14H2,1H3. The maximum absolute atomic E-state index is 14.7. The number of nitrogens with zero attached hydrogens (tertiary/aromatic N) is 5. The van der Waals surface area contributed by atoms with Crippen molar-refractivity contribution in [1.82, 2.24) is 19.8 Å². The Morgan fingerprint density at radius 1 is 1.17 bits per heavy atom. The van der Waals surface area contributed by atoms with Crippen molar-refractivity contribution in [2.24, 2.45) is 5.92 Å². The Morgan fingerprint density at radius 2 is 1.93 bits per heavy atom. The Balaban J connectivity index is 1.53. The van der Waals surface area contributed by atoms with Gasteiger partial charge in [0.2, 0.25) is 5.95 Å². The normalized spacial score (nSPS) is 26.8. The van der Waals surface area contributed by atoms with Gasteiger partial charge in [0.15, 0.2) is 5.67 Å². The van der Waals surface area contributed by atoms with Gasteiger partial charge < -0.3 is 14.5 Å². The van der Waals surface area contributed by atoms with Gasteiger partial charge in [0.1, 0.15) is 0 Å². The zero-order valence-electron chi connectivity index (χ0n) is 16.8. The summed E-state index contributed by atoms with van der Waals surface area (Å²) in [5.41, 5.74) is -1.68. The molecule has 8 nitrogen and oxygen atoms in total. The van der Waals surface area contributed by atoms with E-state index in [0.717, 1.165) is 6.42 Å². The third-order valence-corrected chi connectivity index (χ3v) is 6.20. The summed E-state index contributed by atoms with van der Waals surface area (Å²) in [7, 11) is 0. The van der Waals surface area contributed by atoms with E-state index in [1.165, 1.54) is 0 Å². The number of halogens is 1. The van der Waals surface area contributed by atoms with Gasteiger partial charge in [-0.05, 0) is 32.3 Å². The van der Waals surface area contributed by atoms with Gasteiger partial charge in [-0.2, -0.15) is 0 Å². The van der Waals surface area contributed by atoms with Crippen LogP contribution in [-0.2, 0) is 14.3 Å². The lowest BCUT2D eigenvalue weighted by molar-refractivity contribution is -0.154. The summed E-state index contributed by atoms with van der Waals surface area (Å²) in [4.78, 5) is 39.8. The first-order valence-corrected chi connectivity index (χ1v) is 10.4. The molecule has 1 aromatic heterocycles. The third-order valence-electron chi connectivity index (χ3n) is 6.20. The van der Waals surface area contributed by atoms with Gasteiger partial charge >= 0.3 is 5.97 Å². The number of piperazine rings is 1. The lowest BCUT2D eigenvalue weighted by Crippen LogP contribution is -2.61. The van der Waals surface area contributed by atoms with E-state index in [2.05, 4.69) is 14.9 Å². The number of esters is 1. The Hall–Kier alpha value is -2.29. The molecule has 1 aromatic rings. The van der Waals surface area contributed by atoms with Crippen LogP contribution in [0, 0.1) is 5.92 Å². The molecule has 1 aliphatic carbocycles. The van der Waals surface area contributed by atoms with Gasteiger partial charge in [0, 0.05) is 57.7 Å². The number of alkyl halides is 1. The van der Waals surface area contributed by atoms with E-state index in [9.17, 15) is 14.0 Å². The van der Waals surface area contributed by atoms with E-state index < -0.39 is 5.67 Å². The lowest BCUT2D eigenvalue weighted by Gasteiger charge is -2.44. The van der Waals surface area contributed by atoms with Gasteiger partial charge in [0.25, 0.3) is 5.91 Å². The van der Waals surface area contributed by atoms with E-state index in [-0.39, 0.29) is 23.8 Å². The van der Waals surface area contributed by atoms with Crippen molar-refractivity contribution in [3.05, 3.63) is 18.5 Å². The maximum Gasteiger partial charge on any atom is 0.312 e. The van der Waals surface area contributed by atoms with Crippen molar-refractivity contribution >= 4 is 17.8 Å². The number of fused-ring (bicyclic) bond motifs is 1. The molecular formula is C20H28FN5O3. The van der Waals surface area contributed by atoms with Crippen LogP contribution in [0.15, 0.2) is 18.5 Å². The van der Waals surface area contributed by atoms with Crippen molar-refractivity contribution in [3.8, 4) is 0 Å². The van der Waals surface area contributed by atoms with Crippen LogP contribution in [0.25, 0.3) is 0 Å². The summed E-state index contributed by atoms with van der Waals surface area (Å²) in [5, 5.41) is 0. The third kappa shape index (κ3) is 4.05. The number of anilines is 1. The molecular weight excluding hydrogens is 377 g/mol. The predicted octanol–water partition coefficient (Wildman–Crippen LogP) is 0.881. The molecule has 4 rings (SSSR count). The molecule has 9 heteroatoms. The summed E-state index contributed by atoms with van der Waals surface area (Å²) in [6.45, 7) is 5.26. The summed E-state index contributed by atoms with van der Waals surface area (Å²) >= 11 is 0. The second-order valence-electron chi connectivity index (χ2n) is 8.12. The molecule has 0 radical (unpaired) electrons. The van der Waals surface area contributed by atoms with Crippen LogP contribution in [-0.4, -0.2) is 89.2 Å². The van der Waals surface area contributed by atoms with Crippen LogP contribution in [0.2, 0.25) is 0 Å². The molecule has 0 bridgehead atoms. The van der Waals surface area contributed by atoms with Crippen molar-refractivity contribution in [2.45, 2.75) is 37.9 Å². The van der Waals surface area contributed by atoms with Crippen LogP contribution < -0.4 is 4.90 Å². The van der Waals surface area contributed by atoms with Crippen molar-refractivity contribution in [1.29, 1.82) is 0 Å². The fraction of sp³-hybridized carbons (Fsp3) is 0.700. The van der Waals surface area contributed by atoms with Gasteiger partial charge in [-0.15, -0.1) is 0 Å². The Labute approximate surface area is 170 Å². The highest BCUT2D eigenvalue weighted by molar-refractivity contribution is 5.86. The van der Waals surface area contributed by atoms with Crippen LogP contribution in [0.3, 0.4) is 0 Å². The average molecular weight is 405 g/mol. The first-order chi connectivity index (χ1) is 14.0. The zero-order chi connectivity index (χ0) is 20.4. The van der Waals surface area contributed by atoms with Gasteiger partial charge in [-0.25, -0.2) is 14.4 Å². The van der Waals surface area contributed by atoms with Crippen molar-refractivity contribution in [2.75, 3.05) is 50.8 Å². The zero-order valence-corrected chi connectivity index (χ0v) is 16.8. The van der Waals surface area contributed by atoms with Crippen LogP contribution in [0.1, 0.15) is 26.2 Å². The molecule has 0 N–H and O–H groups in total. The predicted molar refractivity (Wildman–Crippen MR) is 104 cm³/mol. The SMILES string of the molecule is CCOC(=O)C1CN(c2ncccn2)CC2CN(C(=O)C3(F)CCC3)CCN2C1. The minimum atomic E-state index is -1.68. The summed E-state index contributed by atoms with van der Waals surface area (Å²) in [6.07, 6.45) is 4.76. The topological polar surface area (TPSA) is 78.9 Å². The van der Waals surface area contributed by atoms with E-state index in [0.29, 0.717) is 64.7 Å².